The van der Waals surface area contributed by atoms with Crippen LogP contribution in [0, 0.1) is 13.8 Å². The molecule has 5 nitrogen and oxygen atoms in total. The van der Waals surface area contributed by atoms with Gasteiger partial charge in [0.2, 0.25) is 5.91 Å². The van der Waals surface area contributed by atoms with Crippen LogP contribution in [0.4, 0.5) is 0 Å². The first-order valence-corrected chi connectivity index (χ1v) is 8.42. The molecule has 0 aliphatic heterocycles. The van der Waals surface area contributed by atoms with E-state index in [2.05, 4.69) is 10.5 Å². The summed E-state index contributed by atoms with van der Waals surface area (Å²) >= 11 is 6.03. The topological polar surface area (TPSA) is 71.7 Å². The van der Waals surface area contributed by atoms with Crippen molar-refractivity contribution >= 4 is 34.7 Å². The third-order valence-corrected chi connectivity index (χ3v) is 4.44. The van der Waals surface area contributed by atoms with Crippen molar-refractivity contribution in [3.8, 4) is 0 Å². The number of halogens is 1. The number of carbonyl (C=O) groups is 1. The molecule has 0 bridgehead atoms. The molecule has 1 N–H and O–H groups in total. The summed E-state index contributed by atoms with van der Waals surface area (Å²) in [6.07, 6.45) is 1.50. The number of nitrogens with zero attached hydrogens (tertiary/aromatic N) is 1. The van der Waals surface area contributed by atoms with Crippen molar-refractivity contribution in [1.29, 1.82) is 0 Å². The number of hydrogen-bond donors (Lipinski definition) is 1. The molecule has 0 aliphatic rings. The summed E-state index contributed by atoms with van der Waals surface area (Å²) in [5.74, 6) is -0.335. The number of hydrogen-bond acceptors (Lipinski definition) is 4. The molecule has 1 aromatic heterocycles. The van der Waals surface area contributed by atoms with Gasteiger partial charge in [-0.15, -0.1) is 0 Å². The fourth-order valence-corrected chi connectivity index (χ4v) is 2.78. The number of nitrogens with one attached hydrogen (secondary N) is 1. The molecular weight excluding hydrogens is 352 g/mol. The number of rotatable bonds is 4. The van der Waals surface area contributed by atoms with Crippen molar-refractivity contribution in [2.45, 2.75) is 20.3 Å². The molecule has 1 amide bonds. The highest BCUT2D eigenvalue weighted by molar-refractivity contribution is 6.33. The first kappa shape index (κ1) is 17.9. The Balaban J connectivity index is 1.80. The zero-order valence-corrected chi connectivity index (χ0v) is 15.1. The van der Waals surface area contributed by atoms with E-state index in [-0.39, 0.29) is 12.3 Å². The van der Waals surface area contributed by atoms with E-state index >= 15 is 0 Å². The highest BCUT2D eigenvalue weighted by atomic mass is 35.5. The number of amides is 1. The molecule has 26 heavy (non-hydrogen) atoms. The van der Waals surface area contributed by atoms with Crippen LogP contribution in [-0.4, -0.2) is 12.1 Å². The third-order valence-electron chi connectivity index (χ3n) is 4.09. The Morgan fingerprint density at radius 2 is 1.92 bits per heavy atom. The van der Waals surface area contributed by atoms with Gasteiger partial charge in [-0.25, -0.2) is 10.2 Å². The van der Waals surface area contributed by atoms with Crippen LogP contribution in [0.5, 0.6) is 0 Å². The van der Waals surface area contributed by atoms with E-state index in [1.807, 2.05) is 38.1 Å². The van der Waals surface area contributed by atoms with Crippen molar-refractivity contribution < 1.29 is 9.21 Å². The van der Waals surface area contributed by atoms with Gasteiger partial charge in [-0.1, -0.05) is 29.8 Å². The minimum absolute atomic E-state index is 0.0183. The van der Waals surface area contributed by atoms with Crippen LogP contribution in [0.2, 0.25) is 5.02 Å². The lowest BCUT2D eigenvalue weighted by atomic mass is 10.0. The highest BCUT2D eigenvalue weighted by Crippen LogP contribution is 2.22. The fraction of sp³-hybridized carbons (Fsp3) is 0.150. The van der Waals surface area contributed by atoms with Gasteiger partial charge in [-0.05, 0) is 48.7 Å². The Bertz CT molecular complexity index is 1070. The van der Waals surface area contributed by atoms with Crippen LogP contribution in [0.15, 0.2) is 56.8 Å². The zero-order valence-electron chi connectivity index (χ0n) is 14.4. The number of hydrazone groups is 1. The molecule has 3 rings (SSSR count). The fourth-order valence-electron chi connectivity index (χ4n) is 2.60. The largest absolute Gasteiger partial charge is 0.423 e. The van der Waals surface area contributed by atoms with E-state index in [4.69, 9.17) is 16.0 Å². The molecule has 0 spiro atoms. The maximum atomic E-state index is 12.2. The Morgan fingerprint density at radius 3 is 2.69 bits per heavy atom. The van der Waals surface area contributed by atoms with Crippen molar-refractivity contribution in [2.75, 3.05) is 0 Å². The second kappa shape index (κ2) is 7.54. The zero-order chi connectivity index (χ0) is 18.7. The molecule has 3 aromatic rings. The van der Waals surface area contributed by atoms with E-state index in [9.17, 15) is 9.59 Å². The maximum Gasteiger partial charge on any atom is 0.336 e. The van der Waals surface area contributed by atoms with E-state index in [1.54, 1.807) is 12.1 Å². The van der Waals surface area contributed by atoms with Crippen LogP contribution < -0.4 is 11.1 Å². The van der Waals surface area contributed by atoms with Gasteiger partial charge in [0.25, 0.3) is 0 Å². The summed E-state index contributed by atoms with van der Waals surface area (Å²) in [5, 5.41) is 5.21. The molecule has 2 aromatic carbocycles. The van der Waals surface area contributed by atoms with Crippen molar-refractivity contribution in [2.24, 2.45) is 5.10 Å². The summed E-state index contributed by atoms with van der Waals surface area (Å²) in [7, 11) is 0. The summed E-state index contributed by atoms with van der Waals surface area (Å²) in [4.78, 5) is 24.0. The molecule has 1 heterocycles. The monoisotopic (exact) mass is 368 g/mol. The Hall–Kier alpha value is -2.92. The molecule has 0 unspecified atom stereocenters. The number of benzene rings is 2. The molecule has 132 valence electrons. The molecule has 0 saturated carbocycles. The van der Waals surface area contributed by atoms with Gasteiger partial charge in [0.15, 0.2) is 0 Å². The summed E-state index contributed by atoms with van der Waals surface area (Å²) in [6.45, 7) is 3.91. The average Bonchev–Trinajstić information content (AvgIpc) is 2.58. The quantitative estimate of drug-likeness (QED) is 0.433. The van der Waals surface area contributed by atoms with Crippen LogP contribution >= 0.6 is 11.6 Å². The van der Waals surface area contributed by atoms with Crippen LogP contribution in [0.1, 0.15) is 22.3 Å². The van der Waals surface area contributed by atoms with Gasteiger partial charge in [0.1, 0.15) is 5.58 Å². The van der Waals surface area contributed by atoms with Crippen molar-refractivity contribution in [3.05, 3.63) is 80.2 Å². The minimum atomic E-state index is -0.483. The Kier molecular flexibility index (Phi) is 5.19. The van der Waals surface area contributed by atoms with E-state index < -0.39 is 5.63 Å². The number of carbonyl (C=O) groups excluding carboxylic acids is 1. The van der Waals surface area contributed by atoms with Crippen LogP contribution in [-0.2, 0) is 11.2 Å². The van der Waals surface area contributed by atoms with Gasteiger partial charge < -0.3 is 4.42 Å². The molecule has 0 aliphatic carbocycles. The summed E-state index contributed by atoms with van der Waals surface area (Å²) in [5.41, 5.74) is 5.83. The van der Waals surface area contributed by atoms with Crippen molar-refractivity contribution in [1.82, 2.24) is 5.43 Å². The van der Waals surface area contributed by atoms with Crippen molar-refractivity contribution in [3.63, 3.8) is 0 Å². The standard InChI is InChI=1S/C20H17ClN2O3/c1-12-7-16-15(10-20(25)26-18(16)8-13(12)2)9-19(24)23-22-11-14-5-3-4-6-17(14)21/h3-8,10-11H,9H2,1-2H3,(H,23,24)/b22-11+. The van der Waals surface area contributed by atoms with Gasteiger partial charge in [-0.2, -0.15) is 5.10 Å². The SMILES string of the molecule is Cc1cc2oc(=O)cc(CC(=O)N/N=C/c3ccccc3Cl)c2cc1C. The lowest BCUT2D eigenvalue weighted by molar-refractivity contribution is -0.120. The Morgan fingerprint density at radius 1 is 1.19 bits per heavy atom. The highest BCUT2D eigenvalue weighted by Gasteiger charge is 2.11. The van der Waals surface area contributed by atoms with E-state index in [0.717, 1.165) is 16.5 Å². The lowest BCUT2D eigenvalue weighted by Crippen LogP contribution is -2.20. The molecule has 0 radical (unpaired) electrons. The van der Waals surface area contributed by atoms with Gasteiger partial charge in [0.05, 0.1) is 12.6 Å². The van der Waals surface area contributed by atoms with Gasteiger partial charge in [0, 0.05) is 22.0 Å². The predicted octanol–water partition coefficient (Wildman–Crippen LogP) is 3.76. The second-order valence-electron chi connectivity index (χ2n) is 6.01. The molecular formula is C20H17ClN2O3. The van der Waals surface area contributed by atoms with Crippen LogP contribution in [0.25, 0.3) is 11.0 Å². The number of fused-ring (bicyclic) bond motifs is 1. The van der Waals surface area contributed by atoms with Gasteiger partial charge in [-0.3, -0.25) is 4.79 Å². The maximum absolute atomic E-state index is 12.2. The van der Waals surface area contributed by atoms with Crippen LogP contribution in [0.3, 0.4) is 0 Å². The predicted molar refractivity (Wildman–Crippen MR) is 103 cm³/mol. The normalized spacial score (nSPS) is 11.2. The van der Waals surface area contributed by atoms with E-state index in [1.165, 1.54) is 12.3 Å². The smallest absolute Gasteiger partial charge is 0.336 e. The summed E-state index contributed by atoms with van der Waals surface area (Å²) in [6, 6.07) is 12.2. The molecule has 6 heteroatoms. The van der Waals surface area contributed by atoms with Gasteiger partial charge >= 0.3 is 5.63 Å². The second-order valence-corrected chi connectivity index (χ2v) is 6.42. The number of aryl methyl sites for hydroxylation is 2. The first-order chi connectivity index (χ1) is 12.4. The molecule has 0 saturated heterocycles. The summed E-state index contributed by atoms with van der Waals surface area (Å²) < 4.78 is 5.24. The minimum Gasteiger partial charge on any atom is -0.423 e. The first-order valence-electron chi connectivity index (χ1n) is 8.04. The molecule has 0 fully saturated rings. The molecule has 0 atom stereocenters. The average molecular weight is 369 g/mol. The Labute approximate surface area is 155 Å². The van der Waals surface area contributed by atoms with E-state index in [0.29, 0.717) is 21.7 Å². The third kappa shape index (κ3) is 4.00. The lowest BCUT2D eigenvalue weighted by Gasteiger charge is -2.07.